The van der Waals surface area contributed by atoms with E-state index in [0.717, 1.165) is 10.8 Å². The summed E-state index contributed by atoms with van der Waals surface area (Å²) in [6.45, 7) is 1.85. The van der Waals surface area contributed by atoms with Gasteiger partial charge < -0.3 is 51.2 Å². The van der Waals surface area contributed by atoms with E-state index in [1.807, 2.05) is 24.3 Å². The van der Waals surface area contributed by atoms with Crippen LogP contribution in [0.15, 0.2) is 72.8 Å². The molecule has 9 N–H and O–H groups in total. The molecule has 0 spiro atoms. The first kappa shape index (κ1) is 38.4. The number of ether oxygens (including phenoxy) is 3. The van der Waals surface area contributed by atoms with Crippen LogP contribution in [0, 0.1) is 0 Å². The fourth-order valence-corrected chi connectivity index (χ4v) is 7.47. The summed E-state index contributed by atoms with van der Waals surface area (Å²) in [5.74, 6) is -3.50. The summed E-state index contributed by atoms with van der Waals surface area (Å²) in [6.07, 6.45) is -8.50. The van der Waals surface area contributed by atoms with Crippen LogP contribution in [0.3, 0.4) is 0 Å². The highest BCUT2D eigenvalue weighted by Crippen LogP contribution is 2.47. The molecule has 56 heavy (non-hydrogen) atoms. The van der Waals surface area contributed by atoms with Crippen molar-refractivity contribution >= 4 is 34.6 Å². The molecule has 5 aromatic rings. The predicted octanol–water partition coefficient (Wildman–Crippen LogP) is 2.93. The quantitative estimate of drug-likeness (QED) is 0.0485. The van der Waals surface area contributed by atoms with Crippen LogP contribution in [0.2, 0.25) is 0 Å². The van der Waals surface area contributed by atoms with E-state index in [-0.39, 0.29) is 62.4 Å². The number of esters is 1. The average molecular weight is 763 g/mol. The number of aromatic hydroxyl groups is 1. The number of benzene rings is 5. The normalized spacial score (nSPS) is 20.5. The van der Waals surface area contributed by atoms with Gasteiger partial charge in [-0.3, -0.25) is 19.2 Å². The SMILES string of the molecule is CC(=O)Oc1cc(CO)c2c(c1-c1ccc3ccccc3c1)C(=O)c1cc(O[C@H]3O[C@H](C)[C@@H](O)[C@@H](O)[C@H]3O)c(Cc3cccc(C(N)N)c3C=O)c(O)c1C2=O. The highest BCUT2D eigenvalue weighted by Gasteiger charge is 2.45. The number of hydrogen-bond acceptors (Lipinski definition) is 14. The molecule has 1 heterocycles. The zero-order valence-corrected chi connectivity index (χ0v) is 30.1. The molecule has 14 nitrogen and oxygen atoms in total. The number of ketones is 2. The Morgan fingerprint density at radius 3 is 2.25 bits per heavy atom. The fourth-order valence-electron chi connectivity index (χ4n) is 7.47. The molecule has 0 radical (unpaired) electrons. The molecule has 2 aliphatic rings. The minimum Gasteiger partial charge on any atom is -0.507 e. The van der Waals surface area contributed by atoms with E-state index >= 15 is 0 Å². The van der Waals surface area contributed by atoms with Gasteiger partial charge in [-0.15, -0.1) is 0 Å². The molecular weight excluding hydrogens is 724 g/mol. The number of fused-ring (bicyclic) bond motifs is 3. The Balaban J connectivity index is 1.48. The van der Waals surface area contributed by atoms with Gasteiger partial charge in [0.1, 0.15) is 35.6 Å². The number of carbonyl (C=O) groups is 4. The molecular formula is C42H38N2O12. The maximum Gasteiger partial charge on any atom is 0.308 e. The molecule has 0 saturated carbocycles. The highest BCUT2D eigenvalue weighted by molar-refractivity contribution is 6.32. The molecule has 5 atom stereocenters. The third-order valence-corrected chi connectivity index (χ3v) is 10.3. The molecule has 0 amide bonds. The lowest BCUT2D eigenvalue weighted by molar-refractivity contribution is -0.268. The van der Waals surface area contributed by atoms with Crippen molar-refractivity contribution in [2.75, 3.05) is 0 Å². The van der Waals surface area contributed by atoms with Gasteiger partial charge in [0.2, 0.25) is 6.29 Å². The minimum absolute atomic E-state index is 0.0563. The van der Waals surface area contributed by atoms with Gasteiger partial charge in [-0.2, -0.15) is 0 Å². The first-order valence-corrected chi connectivity index (χ1v) is 17.7. The van der Waals surface area contributed by atoms with Crippen LogP contribution in [0.5, 0.6) is 17.2 Å². The van der Waals surface area contributed by atoms with Crippen LogP contribution >= 0.6 is 0 Å². The van der Waals surface area contributed by atoms with Crippen LogP contribution in [0.25, 0.3) is 21.9 Å². The van der Waals surface area contributed by atoms with E-state index in [1.54, 1.807) is 36.4 Å². The maximum absolute atomic E-state index is 14.9. The Bertz CT molecular complexity index is 2440. The number of rotatable bonds is 9. The second kappa shape index (κ2) is 15.0. The van der Waals surface area contributed by atoms with E-state index in [0.29, 0.717) is 17.4 Å². The van der Waals surface area contributed by atoms with Gasteiger partial charge in [-0.05, 0) is 58.1 Å². The molecule has 14 heteroatoms. The zero-order chi connectivity index (χ0) is 40.2. The van der Waals surface area contributed by atoms with E-state index < -0.39 is 72.3 Å². The van der Waals surface area contributed by atoms with Crippen molar-refractivity contribution in [1.29, 1.82) is 0 Å². The summed E-state index contributed by atoms with van der Waals surface area (Å²) < 4.78 is 17.4. The van der Waals surface area contributed by atoms with E-state index in [1.165, 1.54) is 26.0 Å². The number of carbonyl (C=O) groups excluding carboxylic acids is 4. The van der Waals surface area contributed by atoms with Crippen LogP contribution < -0.4 is 20.9 Å². The van der Waals surface area contributed by atoms with Crippen molar-refractivity contribution < 1.29 is 58.9 Å². The lowest BCUT2D eigenvalue weighted by atomic mass is 9.76. The predicted molar refractivity (Wildman–Crippen MR) is 200 cm³/mol. The number of phenols is 1. The van der Waals surface area contributed by atoms with E-state index in [2.05, 4.69) is 0 Å². The van der Waals surface area contributed by atoms with Gasteiger partial charge in [-0.25, -0.2) is 0 Å². The van der Waals surface area contributed by atoms with Gasteiger partial charge in [0.05, 0.1) is 24.4 Å². The first-order chi connectivity index (χ1) is 26.7. The standard InChI is InChI=1S/C42H38N2O12/c1-18-35(48)39(52)40(53)42(54-18)56-29-15-27-33(36(49)26(29)13-22-8-5-9-25(41(43)44)28(22)17-46)38(51)32-24(16-45)14-30(55-19(2)47)31(34(32)37(27)50)23-11-10-20-6-3-4-7-21(20)12-23/h3-12,14-15,17-18,35,39-42,45,48-49,52-53H,13,16,43-44H2,1-2H3/t18-,35-,39-,40-,42-/m1/s1. The third-order valence-electron chi connectivity index (χ3n) is 10.3. The van der Waals surface area contributed by atoms with Crippen LogP contribution in [0.1, 0.15) is 84.5 Å². The highest BCUT2D eigenvalue weighted by atomic mass is 16.7. The lowest BCUT2D eigenvalue weighted by Gasteiger charge is -2.39. The summed E-state index contributed by atoms with van der Waals surface area (Å²) in [5, 5.41) is 56.1. The van der Waals surface area contributed by atoms with E-state index in [4.69, 9.17) is 25.7 Å². The summed E-state index contributed by atoms with van der Waals surface area (Å²) in [6, 6.07) is 19.8. The molecule has 0 aromatic heterocycles. The number of aliphatic hydroxyl groups excluding tert-OH is 4. The zero-order valence-electron chi connectivity index (χ0n) is 30.1. The Labute approximate surface area is 319 Å². The Morgan fingerprint density at radius 1 is 0.839 bits per heavy atom. The fraction of sp³-hybridized carbons (Fsp3) is 0.238. The van der Waals surface area contributed by atoms with Gasteiger partial charge in [0.25, 0.3) is 0 Å². The number of hydrogen-bond donors (Lipinski definition) is 7. The first-order valence-electron chi connectivity index (χ1n) is 17.7. The Kier molecular flexibility index (Phi) is 10.3. The molecule has 1 saturated heterocycles. The summed E-state index contributed by atoms with van der Waals surface area (Å²) >= 11 is 0. The smallest absolute Gasteiger partial charge is 0.308 e. The molecule has 1 aliphatic carbocycles. The second-order valence-corrected chi connectivity index (χ2v) is 13.8. The number of nitrogens with two attached hydrogens (primary N) is 2. The second-order valence-electron chi connectivity index (χ2n) is 13.8. The summed E-state index contributed by atoms with van der Waals surface area (Å²) in [4.78, 5) is 54.4. The third kappa shape index (κ3) is 6.52. The van der Waals surface area contributed by atoms with Crippen molar-refractivity contribution in [1.82, 2.24) is 0 Å². The Morgan fingerprint density at radius 2 is 1.57 bits per heavy atom. The molecule has 0 unspecified atom stereocenters. The van der Waals surface area contributed by atoms with Crippen LogP contribution in [-0.2, 0) is 22.6 Å². The van der Waals surface area contributed by atoms with Crippen molar-refractivity contribution in [3.63, 3.8) is 0 Å². The molecule has 1 fully saturated rings. The van der Waals surface area contributed by atoms with Crippen molar-refractivity contribution in [3.8, 4) is 28.4 Å². The van der Waals surface area contributed by atoms with Gasteiger partial charge >= 0.3 is 5.97 Å². The minimum atomic E-state index is -1.81. The molecule has 288 valence electrons. The summed E-state index contributed by atoms with van der Waals surface area (Å²) in [5.41, 5.74) is 11.6. The molecule has 7 rings (SSSR count). The lowest BCUT2D eigenvalue weighted by Crippen LogP contribution is -2.58. The summed E-state index contributed by atoms with van der Waals surface area (Å²) in [7, 11) is 0. The number of aliphatic hydroxyl groups is 4. The van der Waals surface area contributed by atoms with Gasteiger partial charge in [0, 0.05) is 46.7 Å². The van der Waals surface area contributed by atoms with Gasteiger partial charge in [-0.1, -0.05) is 54.6 Å². The van der Waals surface area contributed by atoms with Gasteiger partial charge in [0.15, 0.2) is 17.9 Å². The van der Waals surface area contributed by atoms with Crippen molar-refractivity contribution in [2.24, 2.45) is 11.5 Å². The average Bonchev–Trinajstić information content (AvgIpc) is 3.18. The largest absolute Gasteiger partial charge is 0.507 e. The maximum atomic E-state index is 14.9. The van der Waals surface area contributed by atoms with Crippen LogP contribution in [-0.4, -0.2) is 80.1 Å². The van der Waals surface area contributed by atoms with E-state index in [9.17, 15) is 44.7 Å². The van der Waals surface area contributed by atoms with Crippen molar-refractivity contribution in [2.45, 2.75) is 63.7 Å². The van der Waals surface area contributed by atoms with Crippen LogP contribution in [0.4, 0.5) is 0 Å². The monoisotopic (exact) mass is 762 g/mol. The topological polar surface area (TPSA) is 249 Å². The van der Waals surface area contributed by atoms with Crippen molar-refractivity contribution in [3.05, 3.63) is 123 Å². The molecule has 5 aromatic carbocycles. The number of phenolic OH excluding ortho intramolecular Hbond substituents is 1. The molecule has 0 bridgehead atoms. The molecule has 1 aliphatic heterocycles. The Hall–Kier alpha value is -5.84. The number of aldehydes is 1.